The summed E-state index contributed by atoms with van der Waals surface area (Å²) < 4.78 is 6.08. The van der Waals surface area contributed by atoms with Gasteiger partial charge in [0.05, 0.1) is 12.2 Å². The van der Waals surface area contributed by atoms with E-state index in [9.17, 15) is 4.79 Å². The third-order valence-corrected chi connectivity index (χ3v) is 4.00. The van der Waals surface area contributed by atoms with Gasteiger partial charge in [-0.3, -0.25) is 4.79 Å². The standard InChI is InChI=1S/C13H22O2/c1-9(10-4-5-10)15-12-8-11(14)6-7-13(12,2)3/h9-10,12H,4-8H2,1-3H3. The summed E-state index contributed by atoms with van der Waals surface area (Å²) in [6, 6.07) is 0. The van der Waals surface area contributed by atoms with Crippen molar-refractivity contribution < 1.29 is 9.53 Å². The highest BCUT2D eigenvalue weighted by Crippen LogP contribution is 2.40. The predicted molar refractivity (Wildman–Crippen MR) is 59.7 cm³/mol. The van der Waals surface area contributed by atoms with Crippen molar-refractivity contribution in [2.75, 3.05) is 0 Å². The molecule has 15 heavy (non-hydrogen) atoms. The first-order chi connectivity index (χ1) is 6.99. The van der Waals surface area contributed by atoms with Crippen LogP contribution >= 0.6 is 0 Å². The fourth-order valence-corrected chi connectivity index (χ4v) is 2.38. The quantitative estimate of drug-likeness (QED) is 0.716. The van der Waals surface area contributed by atoms with Crippen LogP contribution in [0.2, 0.25) is 0 Å². The number of Topliss-reactive ketones (excluding diaryl/α,β-unsaturated/α-hetero) is 1. The molecule has 0 aromatic carbocycles. The number of hydrogen-bond acceptors (Lipinski definition) is 2. The average molecular weight is 210 g/mol. The van der Waals surface area contributed by atoms with Crippen molar-refractivity contribution >= 4 is 5.78 Å². The minimum absolute atomic E-state index is 0.148. The van der Waals surface area contributed by atoms with Gasteiger partial charge >= 0.3 is 0 Å². The Morgan fingerprint density at radius 2 is 2.07 bits per heavy atom. The van der Waals surface area contributed by atoms with Crippen LogP contribution in [0.1, 0.15) is 52.9 Å². The molecule has 2 heteroatoms. The molecule has 2 unspecified atom stereocenters. The molecule has 2 aliphatic carbocycles. The number of hydrogen-bond donors (Lipinski definition) is 0. The van der Waals surface area contributed by atoms with Crippen molar-refractivity contribution in [3.05, 3.63) is 0 Å². The lowest BCUT2D eigenvalue weighted by Gasteiger charge is -2.39. The molecule has 2 saturated carbocycles. The van der Waals surface area contributed by atoms with E-state index in [1.165, 1.54) is 12.8 Å². The lowest BCUT2D eigenvalue weighted by Crippen LogP contribution is -2.40. The van der Waals surface area contributed by atoms with Crippen LogP contribution in [0.4, 0.5) is 0 Å². The molecule has 0 aliphatic heterocycles. The second kappa shape index (κ2) is 3.89. The molecule has 86 valence electrons. The fourth-order valence-electron chi connectivity index (χ4n) is 2.38. The Balaban J connectivity index is 1.94. The van der Waals surface area contributed by atoms with Crippen LogP contribution in [0.25, 0.3) is 0 Å². The molecule has 0 bridgehead atoms. The van der Waals surface area contributed by atoms with E-state index in [4.69, 9.17) is 4.74 Å². The van der Waals surface area contributed by atoms with Gasteiger partial charge in [-0.1, -0.05) is 13.8 Å². The van der Waals surface area contributed by atoms with Crippen LogP contribution in [-0.4, -0.2) is 18.0 Å². The van der Waals surface area contributed by atoms with Gasteiger partial charge in [-0.15, -0.1) is 0 Å². The van der Waals surface area contributed by atoms with Crippen LogP contribution in [0.3, 0.4) is 0 Å². The van der Waals surface area contributed by atoms with Gasteiger partial charge in [0, 0.05) is 12.8 Å². The van der Waals surface area contributed by atoms with Gasteiger partial charge < -0.3 is 4.74 Å². The molecule has 2 fully saturated rings. The molecular formula is C13H22O2. The minimum Gasteiger partial charge on any atom is -0.374 e. The maximum Gasteiger partial charge on any atom is 0.135 e. The highest BCUT2D eigenvalue weighted by Gasteiger charge is 2.39. The Morgan fingerprint density at radius 3 is 2.67 bits per heavy atom. The van der Waals surface area contributed by atoms with E-state index in [0.717, 1.165) is 18.8 Å². The zero-order valence-electron chi connectivity index (χ0n) is 10.1. The molecule has 0 radical (unpaired) electrons. The van der Waals surface area contributed by atoms with Gasteiger partial charge in [-0.25, -0.2) is 0 Å². The van der Waals surface area contributed by atoms with Crippen molar-refractivity contribution in [1.29, 1.82) is 0 Å². The smallest absolute Gasteiger partial charge is 0.135 e. The SMILES string of the molecule is CC(OC1CC(=O)CCC1(C)C)C1CC1. The van der Waals surface area contributed by atoms with Gasteiger partial charge in [-0.2, -0.15) is 0 Å². The lowest BCUT2D eigenvalue weighted by atomic mass is 9.74. The molecule has 2 rings (SSSR count). The van der Waals surface area contributed by atoms with Gasteiger partial charge in [0.2, 0.25) is 0 Å². The monoisotopic (exact) mass is 210 g/mol. The summed E-state index contributed by atoms with van der Waals surface area (Å²) >= 11 is 0. The minimum atomic E-state index is 0.148. The van der Waals surface area contributed by atoms with E-state index < -0.39 is 0 Å². The van der Waals surface area contributed by atoms with E-state index in [1.54, 1.807) is 0 Å². The van der Waals surface area contributed by atoms with Crippen LogP contribution in [0.15, 0.2) is 0 Å². The van der Waals surface area contributed by atoms with E-state index in [1.807, 2.05) is 0 Å². The Hall–Kier alpha value is -0.370. The summed E-state index contributed by atoms with van der Waals surface area (Å²) in [6.07, 6.45) is 5.46. The Bertz CT molecular complexity index is 253. The normalized spacial score (nSPS) is 32.7. The second-order valence-corrected chi connectivity index (χ2v) is 5.90. The van der Waals surface area contributed by atoms with Crippen LogP contribution in [-0.2, 0) is 9.53 Å². The molecule has 0 aromatic heterocycles. The maximum atomic E-state index is 11.4. The highest BCUT2D eigenvalue weighted by atomic mass is 16.5. The summed E-state index contributed by atoms with van der Waals surface area (Å²) in [6.45, 7) is 6.61. The van der Waals surface area contributed by atoms with Gasteiger partial charge in [0.1, 0.15) is 5.78 Å². The first kappa shape index (κ1) is 11.1. The number of carbonyl (C=O) groups excluding carboxylic acids is 1. The van der Waals surface area contributed by atoms with Gasteiger partial charge in [0.25, 0.3) is 0 Å². The molecule has 2 atom stereocenters. The van der Waals surface area contributed by atoms with Crippen molar-refractivity contribution in [3.63, 3.8) is 0 Å². The maximum absolute atomic E-state index is 11.4. The van der Waals surface area contributed by atoms with Crippen molar-refractivity contribution in [2.45, 2.75) is 65.1 Å². The summed E-state index contributed by atoms with van der Waals surface area (Å²) in [7, 11) is 0. The average Bonchev–Trinajstić information content (AvgIpc) is 2.95. The first-order valence-corrected chi connectivity index (χ1v) is 6.16. The highest BCUT2D eigenvalue weighted by molar-refractivity contribution is 5.79. The number of carbonyl (C=O) groups is 1. The summed E-state index contributed by atoms with van der Waals surface area (Å²) in [5.74, 6) is 1.14. The molecule has 2 aliphatic rings. The summed E-state index contributed by atoms with van der Waals surface area (Å²) in [5, 5.41) is 0. The number of ketones is 1. The molecular weight excluding hydrogens is 188 g/mol. The van der Waals surface area contributed by atoms with Crippen LogP contribution < -0.4 is 0 Å². The summed E-state index contributed by atoms with van der Waals surface area (Å²) in [5.41, 5.74) is 0.178. The fraction of sp³-hybridized carbons (Fsp3) is 0.923. The van der Waals surface area contributed by atoms with Gasteiger partial charge in [-0.05, 0) is 37.5 Å². The largest absolute Gasteiger partial charge is 0.374 e. The molecule has 0 spiro atoms. The zero-order valence-corrected chi connectivity index (χ0v) is 10.1. The Labute approximate surface area is 92.4 Å². The van der Waals surface area contributed by atoms with E-state index in [0.29, 0.717) is 18.3 Å². The van der Waals surface area contributed by atoms with Crippen LogP contribution in [0, 0.1) is 11.3 Å². The van der Waals surface area contributed by atoms with Crippen molar-refractivity contribution in [3.8, 4) is 0 Å². The molecule has 0 heterocycles. The molecule has 0 aromatic rings. The van der Waals surface area contributed by atoms with Gasteiger partial charge in [0.15, 0.2) is 0 Å². The topological polar surface area (TPSA) is 26.3 Å². The third kappa shape index (κ3) is 2.60. The van der Waals surface area contributed by atoms with Crippen molar-refractivity contribution in [1.82, 2.24) is 0 Å². The van der Waals surface area contributed by atoms with Crippen LogP contribution in [0.5, 0.6) is 0 Å². The Kier molecular flexibility index (Phi) is 2.89. The van der Waals surface area contributed by atoms with E-state index >= 15 is 0 Å². The van der Waals surface area contributed by atoms with E-state index in [-0.39, 0.29) is 11.5 Å². The summed E-state index contributed by atoms with van der Waals surface area (Å²) in [4.78, 5) is 11.4. The Morgan fingerprint density at radius 1 is 1.40 bits per heavy atom. The van der Waals surface area contributed by atoms with Crippen molar-refractivity contribution in [2.24, 2.45) is 11.3 Å². The number of rotatable bonds is 3. The first-order valence-electron chi connectivity index (χ1n) is 6.16. The molecule has 0 amide bonds. The lowest BCUT2D eigenvalue weighted by molar-refractivity contribution is -0.137. The second-order valence-electron chi connectivity index (χ2n) is 5.90. The third-order valence-electron chi connectivity index (χ3n) is 4.00. The number of ether oxygens (including phenoxy) is 1. The predicted octanol–water partition coefficient (Wildman–Crippen LogP) is 2.95. The molecule has 0 N–H and O–H groups in total. The molecule has 2 nitrogen and oxygen atoms in total. The molecule has 0 saturated heterocycles. The van der Waals surface area contributed by atoms with E-state index in [2.05, 4.69) is 20.8 Å². The zero-order chi connectivity index (χ0) is 11.1.